The number of rotatable bonds is 12. The number of carbonyl (C=O) groups excluding carboxylic acids is 2. The molecule has 1 atom stereocenters. The highest BCUT2D eigenvalue weighted by Crippen LogP contribution is 2.26. The number of sulfonamides is 1. The quantitative estimate of drug-likeness (QED) is 0.341. The van der Waals surface area contributed by atoms with Crippen LogP contribution >= 0.6 is 0 Å². The van der Waals surface area contributed by atoms with Crippen LogP contribution in [0.1, 0.15) is 55.3 Å². The van der Waals surface area contributed by atoms with Crippen molar-refractivity contribution in [1.82, 2.24) is 14.5 Å². The van der Waals surface area contributed by atoms with Gasteiger partial charge in [-0.25, -0.2) is 12.8 Å². The van der Waals surface area contributed by atoms with Gasteiger partial charge in [-0.15, -0.1) is 0 Å². The molecule has 1 aliphatic rings. The largest absolute Gasteiger partial charge is 0.354 e. The highest BCUT2D eigenvalue weighted by molar-refractivity contribution is 7.89. The standard InChI is InChI=1S/C31H36FN3O4S/c1-2-20-33-31(37)30(26-8-4-3-5-9-26)35(23-25-10-15-27(32)16-11-25)29(36)19-14-24-12-17-28(18-13-24)40(38,39)34-21-6-7-22-34/h3-5,8-13,15-18,30H,2,6-7,14,19-23H2,1H3,(H,33,37)/t30-/m0/s1. The number of benzene rings is 3. The minimum Gasteiger partial charge on any atom is -0.354 e. The zero-order chi connectivity index (χ0) is 28.5. The summed E-state index contributed by atoms with van der Waals surface area (Å²) in [6.07, 6.45) is 2.98. The predicted octanol–water partition coefficient (Wildman–Crippen LogP) is 4.84. The van der Waals surface area contributed by atoms with E-state index >= 15 is 0 Å². The first-order chi connectivity index (χ1) is 19.3. The van der Waals surface area contributed by atoms with Crippen LogP contribution in [0.5, 0.6) is 0 Å². The molecular formula is C31H36FN3O4S. The lowest BCUT2D eigenvalue weighted by Crippen LogP contribution is -2.43. The van der Waals surface area contributed by atoms with E-state index in [1.165, 1.54) is 16.4 Å². The molecule has 1 aliphatic heterocycles. The summed E-state index contributed by atoms with van der Waals surface area (Å²) in [7, 11) is -3.51. The first-order valence-corrected chi connectivity index (χ1v) is 15.2. The maximum atomic E-state index is 13.8. The number of hydrogen-bond acceptors (Lipinski definition) is 4. The summed E-state index contributed by atoms with van der Waals surface area (Å²) in [4.78, 5) is 28.9. The number of nitrogens with zero attached hydrogens (tertiary/aromatic N) is 2. The summed E-state index contributed by atoms with van der Waals surface area (Å²) in [5.74, 6) is -0.893. The molecule has 3 aromatic rings. The normalized spacial score (nSPS) is 14.6. The Balaban J connectivity index is 1.55. The lowest BCUT2D eigenvalue weighted by molar-refractivity contribution is -0.141. The van der Waals surface area contributed by atoms with Gasteiger partial charge in [0.25, 0.3) is 0 Å². The number of hydrogen-bond donors (Lipinski definition) is 1. The molecule has 0 radical (unpaired) electrons. The molecule has 1 saturated heterocycles. The number of carbonyl (C=O) groups is 2. The topological polar surface area (TPSA) is 86.8 Å². The van der Waals surface area contributed by atoms with Crippen LogP contribution in [0.15, 0.2) is 83.8 Å². The monoisotopic (exact) mass is 565 g/mol. The molecule has 4 rings (SSSR count). The number of aryl methyl sites for hydroxylation is 1. The van der Waals surface area contributed by atoms with E-state index in [1.807, 2.05) is 37.3 Å². The van der Waals surface area contributed by atoms with Gasteiger partial charge in [-0.1, -0.05) is 61.5 Å². The second-order valence-electron chi connectivity index (χ2n) is 10.0. The van der Waals surface area contributed by atoms with E-state index in [0.717, 1.165) is 24.8 Å². The molecule has 3 aromatic carbocycles. The highest BCUT2D eigenvalue weighted by atomic mass is 32.2. The van der Waals surface area contributed by atoms with E-state index in [4.69, 9.17) is 0 Å². The molecule has 0 spiro atoms. The Bertz CT molecular complexity index is 1370. The van der Waals surface area contributed by atoms with Crippen molar-refractivity contribution in [2.45, 2.75) is 56.5 Å². The van der Waals surface area contributed by atoms with E-state index in [9.17, 15) is 22.4 Å². The van der Waals surface area contributed by atoms with E-state index in [2.05, 4.69) is 5.32 Å². The van der Waals surface area contributed by atoms with Crippen LogP contribution in [-0.2, 0) is 32.6 Å². The van der Waals surface area contributed by atoms with Gasteiger partial charge < -0.3 is 10.2 Å². The summed E-state index contributed by atoms with van der Waals surface area (Å²) in [6, 6.07) is 20.8. The average molecular weight is 566 g/mol. The van der Waals surface area contributed by atoms with Crippen molar-refractivity contribution in [2.75, 3.05) is 19.6 Å². The smallest absolute Gasteiger partial charge is 0.247 e. The van der Waals surface area contributed by atoms with E-state index in [0.29, 0.717) is 37.2 Å². The van der Waals surface area contributed by atoms with Crippen molar-refractivity contribution >= 4 is 21.8 Å². The number of nitrogens with one attached hydrogen (secondary N) is 1. The lowest BCUT2D eigenvalue weighted by atomic mass is 10.0. The summed E-state index contributed by atoms with van der Waals surface area (Å²) in [5.41, 5.74) is 2.21. The van der Waals surface area contributed by atoms with Gasteiger partial charge in [-0.05, 0) is 66.6 Å². The van der Waals surface area contributed by atoms with Gasteiger partial charge >= 0.3 is 0 Å². The van der Waals surface area contributed by atoms with Crippen molar-refractivity contribution in [2.24, 2.45) is 0 Å². The molecule has 0 bridgehead atoms. The summed E-state index contributed by atoms with van der Waals surface area (Å²) < 4.78 is 40.8. The fourth-order valence-corrected chi connectivity index (χ4v) is 6.38. The zero-order valence-corrected chi connectivity index (χ0v) is 23.6. The molecule has 9 heteroatoms. The molecule has 1 fully saturated rings. The fourth-order valence-electron chi connectivity index (χ4n) is 4.86. The average Bonchev–Trinajstić information content (AvgIpc) is 3.53. The van der Waals surface area contributed by atoms with E-state index in [-0.39, 0.29) is 35.5 Å². The number of halogens is 1. The van der Waals surface area contributed by atoms with Gasteiger partial charge in [0.1, 0.15) is 11.9 Å². The molecule has 212 valence electrons. The molecule has 40 heavy (non-hydrogen) atoms. The third-order valence-corrected chi connectivity index (χ3v) is 8.98. The number of amides is 2. The molecule has 2 amide bonds. The molecule has 0 aromatic heterocycles. The first-order valence-electron chi connectivity index (χ1n) is 13.7. The fraction of sp³-hybridized carbons (Fsp3) is 0.355. The molecule has 0 aliphatic carbocycles. The minimum atomic E-state index is -3.51. The maximum absolute atomic E-state index is 13.8. The van der Waals surface area contributed by atoms with Crippen LogP contribution in [0, 0.1) is 5.82 Å². The maximum Gasteiger partial charge on any atom is 0.247 e. The molecule has 7 nitrogen and oxygen atoms in total. The molecule has 1 N–H and O–H groups in total. The Morgan fingerprint density at radius 3 is 2.17 bits per heavy atom. The van der Waals surface area contributed by atoms with Crippen LogP contribution in [0.3, 0.4) is 0 Å². The van der Waals surface area contributed by atoms with Gasteiger partial charge in [0.2, 0.25) is 21.8 Å². The van der Waals surface area contributed by atoms with Gasteiger partial charge in [-0.3, -0.25) is 9.59 Å². The summed E-state index contributed by atoms with van der Waals surface area (Å²) in [5, 5.41) is 2.92. The van der Waals surface area contributed by atoms with Gasteiger partial charge in [0.15, 0.2) is 0 Å². The lowest BCUT2D eigenvalue weighted by Gasteiger charge is -2.32. The Morgan fingerprint density at radius 2 is 1.55 bits per heavy atom. The van der Waals surface area contributed by atoms with E-state index in [1.54, 1.807) is 41.3 Å². The highest BCUT2D eigenvalue weighted by Gasteiger charge is 2.31. The van der Waals surface area contributed by atoms with Crippen molar-refractivity contribution in [3.63, 3.8) is 0 Å². The second-order valence-corrected chi connectivity index (χ2v) is 11.9. The van der Waals surface area contributed by atoms with E-state index < -0.39 is 16.1 Å². The third kappa shape index (κ3) is 7.34. The van der Waals surface area contributed by atoms with Crippen LogP contribution in [0.4, 0.5) is 4.39 Å². The van der Waals surface area contributed by atoms with Crippen LogP contribution < -0.4 is 5.32 Å². The van der Waals surface area contributed by atoms with Crippen molar-refractivity contribution in [3.8, 4) is 0 Å². The van der Waals surface area contributed by atoms with Crippen LogP contribution in [-0.4, -0.2) is 49.1 Å². The molecule has 0 unspecified atom stereocenters. The first kappa shape index (κ1) is 29.4. The Labute approximate surface area is 236 Å². The second kappa shape index (κ2) is 13.7. The van der Waals surface area contributed by atoms with Crippen LogP contribution in [0.2, 0.25) is 0 Å². The molecular weight excluding hydrogens is 529 g/mol. The predicted molar refractivity (Wildman–Crippen MR) is 152 cm³/mol. The van der Waals surface area contributed by atoms with Crippen molar-refractivity contribution in [1.29, 1.82) is 0 Å². The Hall–Kier alpha value is -3.56. The van der Waals surface area contributed by atoms with Crippen molar-refractivity contribution < 1.29 is 22.4 Å². The minimum absolute atomic E-state index is 0.115. The van der Waals surface area contributed by atoms with Gasteiger partial charge in [-0.2, -0.15) is 4.31 Å². The summed E-state index contributed by atoms with van der Waals surface area (Å²) >= 11 is 0. The van der Waals surface area contributed by atoms with Crippen LogP contribution in [0.25, 0.3) is 0 Å². The zero-order valence-electron chi connectivity index (χ0n) is 22.8. The summed E-state index contributed by atoms with van der Waals surface area (Å²) in [6.45, 7) is 3.65. The Kier molecular flexibility index (Phi) is 10.1. The Morgan fingerprint density at radius 1 is 0.925 bits per heavy atom. The van der Waals surface area contributed by atoms with Gasteiger partial charge in [0.05, 0.1) is 4.90 Å². The molecule has 0 saturated carbocycles. The SMILES string of the molecule is CCCNC(=O)[C@H](c1ccccc1)N(Cc1ccc(F)cc1)C(=O)CCc1ccc(S(=O)(=O)N2CCCC2)cc1. The molecule has 1 heterocycles. The van der Waals surface area contributed by atoms with Gasteiger partial charge in [0, 0.05) is 32.6 Å². The third-order valence-electron chi connectivity index (χ3n) is 7.06. The van der Waals surface area contributed by atoms with Crippen molar-refractivity contribution in [3.05, 3.63) is 101 Å².